The first-order chi connectivity index (χ1) is 16.0. The summed E-state index contributed by atoms with van der Waals surface area (Å²) in [5.74, 6) is 0.468. The maximum atomic E-state index is 12.3. The van der Waals surface area contributed by atoms with Crippen LogP contribution in [0.15, 0.2) is 83.1 Å². The number of amides is 1. The van der Waals surface area contributed by atoms with E-state index in [-0.39, 0.29) is 11.7 Å². The van der Waals surface area contributed by atoms with Gasteiger partial charge >= 0.3 is 0 Å². The number of carbonyl (C=O) groups excluding carboxylic acids is 1. The van der Waals surface area contributed by atoms with Crippen molar-refractivity contribution in [2.45, 2.75) is 5.16 Å². The van der Waals surface area contributed by atoms with E-state index in [0.29, 0.717) is 31.6 Å². The van der Waals surface area contributed by atoms with E-state index in [2.05, 4.69) is 20.7 Å². The molecule has 4 aromatic rings. The van der Waals surface area contributed by atoms with Crippen molar-refractivity contribution < 1.29 is 4.79 Å². The molecular weight excluding hydrogens is 501 g/mol. The standard InChI is InChI=1S/C23H16Cl3N5OS/c24-17-9-7-16(8-10-17)22-29-30-23(31(22)18-4-2-1-3-5-18)33-14-21(32)28-27-13-15-6-11-19(25)20(26)12-15/h1-13H,14H2,(H,28,32). The number of rotatable bonds is 7. The van der Waals surface area contributed by atoms with E-state index >= 15 is 0 Å². The van der Waals surface area contributed by atoms with Gasteiger partial charge in [0, 0.05) is 16.3 Å². The average molecular weight is 517 g/mol. The number of para-hydroxylation sites is 1. The number of hydrogen-bond acceptors (Lipinski definition) is 5. The SMILES string of the molecule is O=C(CSc1nnc(-c2ccc(Cl)cc2)n1-c1ccccc1)NN=Cc1ccc(Cl)c(Cl)c1. The second-order valence-electron chi connectivity index (χ2n) is 6.74. The molecule has 1 N–H and O–H groups in total. The van der Waals surface area contributed by atoms with Gasteiger partial charge in [0.25, 0.3) is 5.91 Å². The highest BCUT2D eigenvalue weighted by molar-refractivity contribution is 7.99. The zero-order chi connectivity index (χ0) is 23.2. The van der Waals surface area contributed by atoms with Crippen LogP contribution in [-0.2, 0) is 4.79 Å². The molecule has 0 unspecified atom stereocenters. The van der Waals surface area contributed by atoms with E-state index < -0.39 is 0 Å². The second kappa shape index (κ2) is 10.9. The van der Waals surface area contributed by atoms with Crippen molar-refractivity contribution in [2.75, 3.05) is 5.75 Å². The lowest BCUT2D eigenvalue weighted by atomic mass is 10.2. The number of aromatic nitrogens is 3. The molecule has 6 nitrogen and oxygen atoms in total. The molecular formula is C23H16Cl3N5OS. The summed E-state index contributed by atoms with van der Waals surface area (Å²) in [6, 6.07) is 22.1. The molecule has 10 heteroatoms. The molecule has 0 radical (unpaired) electrons. The Balaban J connectivity index is 1.48. The lowest BCUT2D eigenvalue weighted by molar-refractivity contribution is -0.118. The molecule has 1 aromatic heterocycles. The Morgan fingerprint density at radius 3 is 2.45 bits per heavy atom. The smallest absolute Gasteiger partial charge is 0.250 e. The molecule has 166 valence electrons. The van der Waals surface area contributed by atoms with Gasteiger partial charge in [-0.05, 0) is 54.1 Å². The zero-order valence-corrected chi connectivity index (χ0v) is 20.0. The van der Waals surface area contributed by atoms with Crippen LogP contribution in [0.2, 0.25) is 15.1 Å². The molecule has 0 spiro atoms. The molecule has 0 bridgehead atoms. The van der Waals surface area contributed by atoms with Gasteiger partial charge in [-0.1, -0.05) is 70.8 Å². The summed E-state index contributed by atoms with van der Waals surface area (Å²) in [4.78, 5) is 12.3. The molecule has 1 heterocycles. The van der Waals surface area contributed by atoms with Gasteiger partial charge in [0.2, 0.25) is 0 Å². The molecule has 0 atom stereocenters. The predicted octanol–water partition coefficient (Wildman–Crippen LogP) is 6.14. The fourth-order valence-electron chi connectivity index (χ4n) is 2.89. The number of hydrogen-bond donors (Lipinski definition) is 1. The number of benzene rings is 3. The van der Waals surface area contributed by atoms with Crippen molar-refractivity contribution in [3.63, 3.8) is 0 Å². The normalized spacial score (nSPS) is 11.1. The maximum absolute atomic E-state index is 12.3. The first-order valence-electron chi connectivity index (χ1n) is 9.68. The van der Waals surface area contributed by atoms with Gasteiger partial charge < -0.3 is 0 Å². The minimum atomic E-state index is -0.285. The number of halogens is 3. The summed E-state index contributed by atoms with van der Waals surface area (Å²) in [5, 5.41) is 14.7. The van der Waals surface area contributed by atoms with Crippen LogP contribution in [0, 0.1) is 0 Å². The summed E-state index contributed by atoms with van der Waals surface area (Å²) in [6.07, 6.45) is 1.50. The minimum Gasteiger partial charge on any atom is -0.272 e. The Morgan fingerprint density at radius 1 is 0.970 bits per heavy atom. The Kier molecular flexibility index (Phi) is 7.67. The number of nitrogens with one attached hydrogen (secondary N) is 1. The molecule has 0 aliphatic rings. The number of thioether (sulfide) groups is 1. The average Bonchev–Trinajstić information content (AvgIpc) is 3.25. The Hall–Kier alpha value is -2.84. The van der Waals surface area contributed by atoms with Crippen LogP contribution in [0.5, 0.6) is 0 Å². The van der Waals surface area contributed by atoms with Crippen molar-refractivity contribution >= 4 is 58.7 Å². The third-order valence-electron chi connectivity index (χ3n) is 4.43. The summed E-state index contributed by atoms with van der Waals surface area (Å²) >= 11 is 19.2. The Labute approximate surface area is 209 Å². The highest BCUT2D eigenvalue weighted by atomic mass is 35.5. The predicted molar refractivity (Wildman–Crippen MR) is 135 cm³/mol. The van der Waals surface area contributed by atoms with Crippen molar-refractivity contribution in [2.24, 2.45) is 5.10 Å². The first kappa shape index (κ1) is 23.3. The van der Waals surface area contributed by atoms with Crippen LogP contribution >= 0.6 is 46.6 Å². The molecule has 1 amide bonds. The second-order valence-corrected chi connectivity index (χ2v) is 8.93. The molecule has 0 aliphatic carbocycles. The molecule has 3 aromatic carbocycles. The summed E-state index contributed by atoms with van der Waals surface area (Å²) in [7, 11) is 0. The molecule has 0 saturated carbocycles. The number of carbonyl (C=O) groups is 1. The molecule has 0 saturated heterocycles. The van der Waals surface area contributed by atoms with Gasteiger partial charge in [0.1, 0.15) is 0 Å². The largest absolute Gasteiger partial charge is 0.272 e. The van der Waals surface area contributed by atoms with Gasteiger partial charge in [-0.15, -0.1) is 10.2 Å². The van der Waals surface area contributed by atoms with Crippen molar-refractivity contribution in [1.29, 1.82) is 0 Å². The quantitative estimate of drug-likeness (QED) is 0.182. The topological polar surface area (TPSA) is 72.2 Å². The summed E-state index contributed by atoms with van der Waals surface area (Å²) in [5.41, 5.74) is 4.96. The fourth-order valence-corrected chi connectivity index (χ4v) is 4.07. The minimum absolute atomic E-state index is 0.101. The van der Waals surface area contributed by atoms with E-state index in [4.69, 9.17) is 34.8 Å². The third-order valence-corrected chi connectivity index (χ3v) is 6.35. The highest BCUT2D eigenvalue weighted by Gasteiger charge is 2.17. The van der Waals surface area contributed by atoms with E-state index in [1.807, 2.05) is 47.0 Å². The van der Waals surface area contributed by atoms with Crippen LogP contribution in [0.1, 0.15) is 5.56 Å². The van der Waals surface area contributed by atoms with Crippen LogP contribution < -0.4 is 5.43 Å². The lowest BCUT2D eigenvalue weighted by Crippen LogP contribution is -2.20. The zero-order valence-electron chi connectivity index (χ0n) is 17.0. The summed E-state index contributed by atoms with van der Waals surface area (Å²) < 4.78 is 1.90. The van der Waals surface area contributed by atoms with Crippen molar-refractivity contribution in [1.82, 2.24) is 20.2 Å². The fraction of sp³-hybridized carbons (Fsp3) is 0.0435. The van der Waals surface area contributed by atoms with E-state index in [0.717, 1.165) is 11.3 Å². The molecule has 33 heavy (non-hydrogen) atoms. The van der Waals surface area contributed by atoms with Crippen molar-refractivity contribution in [3.8, 4) is 17.1 Å². The molecule has 0 fully saturated rings. The number of nitrogens with zero attached hydrogens (tertiary/aromatic N) is 4. The van der Waals surface area contributed by atoms with Crippen LogP contribution in [0.4, 0.5) is 0 Å². The molecule has 4 rings (SSSR count). The monoisotopic (exact) mass is 515 g/mol. The van der Waals surface area contributed by atoms with Gasteiger partial charge in [0.05, 0.1) is 22.0 Å². The Bertz CT molecular complexity index is 1290. The first-order valence-corrected chi connectivity index (χ1v) is 11.8. The van der Waals surface area contributed by atoms with Gasteiger partial charge in [-0.2, -0.15) is 5.10 Å². The highest BCUT2D eigenvalue weighted by Crippen LogP contribution is 2.28. The number of hydrazone groups is 1. The van der Waals surface area contributed by atoms with Gasteiger partial charge in [0.15, 0.2) is 11.0 Å². The third kappa shape index (κ3) is 5.94. The van der Waals surface area contributed by atoms with Crippen molar-refractivity contribution in [3.05, 3.63) is 93.4 Å². The van der Waals surface area contributed by atoms with Crippen LogP contribution in [0.25, 0.3) is 17.1 Å². The van der Waals surface area contributed by atoms with E-state index in [1.54, 1.807) is 30.3 Å². The van der Waals surface area contributed by atoms with Gasteiger partial charge in [-0.25, -0.2) is 5.43 Å². The lowest BCUT2D eigenvalue weighted by Gasteiger charge is -2.10. The maximum Gasteiger partial charge on any atom is 0.250 e. The van der Waals surface area contributed by atoms with E-state index in [1.165, 1.54) is 18.0 Å². The van der Waals surface area contributed by atoms with E-state index in [9.17, 15) is 4.79 Å². The summed E-state index contributed by atoms with van der Waals surface area (Å²) in [6.45, 7) is 0. The van der Waals surface area contributed by atoms with Crippen LogP contribution in [-0.4, -0.2) is 32.6 Å². The molecule has 0 aliphatic heterocycles. The van der Waals surface area contributed by atoms with Crippen LogP contribution in [0.3, 0.4) is 0 Å². The van der Waals surface area contributed by atoms with Gasteiger partial charge in [-0.3, -0.25) is 9.36 Å². The Morgan fingerprint density at radius 2 is 1.73 bits per heavy atom.